The van der Waals surface area contributed by atoms with E-state index in [-0.39, 0.29) is 6.04 Å². The van der Waals surface area contributed by atoms with Crippen LogP contribution in [0.25, 0.3) is 0 Å². The minimum absolute atomic E-state index is 0.129. The summed E-state index contributed by atoms with van der Waals surface area (Å²) in [7, 11) is 1.73. The monoisotopic (exact) mass is 306 g/mol. The predicted molar refractivity (Wildman–Crippen MR) is 87.3 cm³/mol. The van der Waals surface area contributed by atoms with Crippen molar-refractivity contribution in [2.45, 2.75) is 57.9 Å². The number of hydrogen-bond donors (Lipinski definition) is 0. The van der Waals surface area contributed by atoms with Crippen molar-refractivity contribution in [1.29, 1.82) is 0 Å². The van der Waals surface area contributed by atoms with Crippen LogP contribution in [0.2, 0.25) is 0 Å². The predicted octanol–water partition coefficient (Wildman–Crippen LogP) is 3.25. The molecule has 1 saturated heterocycles. The number of carbonyl (C=O) groups is 1. The van der Waals surface area contributed by atoms with Crippen molar-refractivity contribution in [1.82, 2.24) is 9.80 Å². The van der Waals surface area contributed by atoms with Crippen molar-refractivity contribution in [3.8, 4) is 0 Å². The van der Waals surface area contributed by atoms with Gasteiger partial charge in [0.15, 0.2) is 5.67 Å². The van der Waals surface area contributed by atoms with Crippen molar-refractivity contribution in [3.05, 3.63) is 35.9 Å². The van der Waals surface area contributed by atoms with Crippen LogP contribution in [0, 0.1) is 0 Å². The molecule has 1 fully saturated rings. The summed E-state index contributed by atoms with van der Waals surface area (Å²) >= 11 is 0. The van der Waals surface area contributed by atoms with Crippen LogP contribution in [0.5, 0.6) is 0 Å². The van der Waals surface area contributed by atoms with Crippen LogP contribution in [-0.2, 0) is 11.3 Å². The van der Waals surface area contributed by atoms with E-state index in [1.54, 1.807) is 11.9 Å². The fourth-order valence-electron chi connectivity index (χ4n) is 3.19. The van der Waals surface area contributed by atoms with Gasteiger partial charge < -0.3 is 4.90 Å². The number of carbonyl (C=O) groups excluding carboxylic acids is 1. The Kier molecular flexibility index (Phi) is 5.22. The van der Waals surface area contributed by atoms with E-state index < -0.39 is 11.6 Å². The molecule has 0 bridgehead atoms. The standard InChI is InChI=1S/C18H27FN2O/c1-14-12-16(20(4)17(22)18(2,3)19)10-11-21(14)13-15-8-6-5-7-9-15/h5-9,14,16H,10-13H2,1-4H3/t14-,16+/m0/s1. The van der Waals surface area contributed by atoms with Gasteiger partial charge in [-0.05, 0) is 39.2 Å². The summed E-state index contributed by atoms with van der Waals surface area (Å²) in [5, 5.41) is 0. The van der Waals surface area contributed by atoms with Crippen molar-refractivity contribution < 1.29 is 9.18 Å². The molecule has 1 aliphatic heterocycles. The molecule has 0 aromatic heterocycles. The molecule has 1 aromatic rings. The maximum atomic E-state index is 13.8. The van der Waals surface area contributed by atoms with Crippen LogP contribution in [-0.4, -0.2) is 47.1 Å². The minimum Gasteiger partial charge on any atom is -0.340 e. The molecule has 0 radical (unpaired) electrons. The van der Waals surface area contributed by atoms with E-state index in [0.717, 1.165) is 25.9 Å². The molecule has 1 aromatic carbocycles. The molecule has 22 heavy (non-hydrogen) atoms. The Balaban J connectivity index is 1.94. The van der Waals surface area contributed by atoms with Crippen molar-refractivity contribution in [2.24, 2.45) is 0 Å². The Morgan fingerprint density at radius 2 is 2.00 bits per heavy atom. The molecule has 0 aliphatic carbocycles. The molecule has 0 saturated carbocycles. The van der Waals surface area contributed by atoms with Gasteiger partial charge in [-0.2, -0.15) is 0 Å². The lowest BCUT2D eigenvalue weighted by molar-refractivity contribution is -0.144. The second kappa shape index (κ2) is 6.78. The lowest BCUT2D eigenvalue weighted by Gasteiger charge is -2.42. The van der Waals surface area contributed by atoms with E-state index in [2.05, 4.69) is 36.1 Å². The number of piperidine rings is 1. The zero-order valence-corrected chi connectivity index (χ0v) is 14.1. The van der Waals surface area contributed by atoms with Crippen LogP contribution in [0.4, 0.5) is 4.39 Å². The molecule has 0 spiro atoms. The Hall–Kier alpha value is -1.42. The van der Waals surface area contributed by atoms with Crippen LogP contribution in [0.1, 0.15) is 39.2 Å². The second-order valence-corrected chi connectivity index (χ2v) is 6.87. The molecule has 2 atom stereocenters. The van der Waals surface area contributed by atoms with Gasteiger partial charge in [0.1, 0.15) is 0 Å². The Bertz CT molecular complexity index is 498. The summed E-state index contributed by atoms with van der Waals surface area (Å²) in [6.45, 7) is 6.72. The number of amides is 1. The highest BCUT2D eigenvalue weighted by molar-refractivity contribution is 5.84. The smallest absolute Gasteiger partial charge is 0.259 e. The van der Waals surface area contributed by atoms with E-state index in [0.29, 0.717) is 6.04 Å². The van der Waals surface area contributed by atoms with E-state index in [1.807, 2.05) is 6.07 Å². The molecule has 2 rings (SSSR count). The van der Waals surface area contributed by atoms with Gasteiger partial charge in [-0.3, -0.25) is 9.69 Å². The summed E-state index contributed by atoms with van der Waals surface area (Å²) in [6.07, 6.45) is 1.79. The third kappa shape index (κ3) is 4.07. The first kappa shape index (κ1) is 16.9. The first-order chi connectivity index (χ1) is 10.3. The maximum absolute atomic E-state index is 13.8. The zero-order chi connectivity index (χ0) is 16.3. The third-order valence-electron chi connectivity index (χ3n) is 4.59. The zero-order valence-electron chi connectivity index (χ0n) is 14.1. The van der Waals surface area contributed by atoms with Crippen molar-refractivity contribution >= 4 is 5.91 Å². The van der Waals surface area contributed by atoms with Crippen LogP contribution >= 0.6 is 0 Å². The van der Waals surface area contributed by atoms with Gasteiger partial charge in [-0.25, -0.2) is 4.39 Å². The van der Waals surface area contributed by atoms with E-state index in [9.17, 15) is 9.18 Å². The molecule has 1 heterocycles. The highest BCUT2D eigenvalue weighted by atomic mass is 19.1. The average Bonchev–Trinajstić information content (AvgIpc) is 2.48. The minimum atomic E-state index is -1.79. The molecule has 3 nitrogen and oxygen atoms in total. The van der Waals surface area contributed by atoms with Crippen LogP contribution < -0.4 is 0 Å². The molecular formula is C18H27FN2O. The lowest BCUT2D eigenvalue weighted by Crippen LogP contribution is -2.52. The number of halogens is 1. The second-order valence-electron chi connectivity index (χ2n) is 6.87. The summed E-state index contributed by atoms with van der Waals surface area (Å²) in [6, 6.07) is 10.9. The molecule has 1 amide bonds. The topological polar surface area (TPSA) is 23.6 Å². The third-order valence-corrected chi connectivity index (χ3v) is 4.59. The summed E-state index contributed by atoms with van der Waals surface area (Å²) in [5.41, 5.74) is -0.485. The van der Waals surface area contributed by atoms with Crippen LogP contribution in [0.3, 0.4) is 0 Å². The maximum Gasteiger partial charge on any atom is 0.259 e. The summed E-state index contributed by atoms with van der Waals surface area (Å²) in [5.74, 6) is -0.416. The largest absolute Gasteiger partial charge is 0.340 e. The number of rotatable bonds is 4. The number of nitrogens with zero attached hydrogens (tertiary/aromatic N) is 2. The van der Waals surface area contributed by atoms with Crippen LogP contribution in [0.15, 0.2) is 30.3 Å². The molecule has 0 unspecified atom stereocenters. The quantitative estimate of drug-likeness (QED) is 0.852. The fraction of sp³-hybridized carbons (Fsp3) is 0.611. The van der Waals surface area contributed by atoms with Crippen molar-refractivity contribution in [2.75, 3.05) is 13.6 Å². The average molecular weight is 306 g/mol. The van der Waals surface area contributed by atoms with Gasteiger partial charge in [0.25, 0.3) is 5.91 Å². The molecular weight excluding hydrogens is 279 g/mol. The highest BCUT2D eigenvalue weighted by Crippen LogP contribution is 2.25. The Labute approximate surface area is 133 Å². The Morgan fingerprint density at radius 1 is 1.36 bits per heavy atom. The number of benzene rings is 1. The lowest BCUT2D eigenvalue weighted by atomic mass is 9.95. The van der Waals surface area contributed by atoms with Gasteiger partial charge in [0.2, 0.25) is 0 Å². The summed E-state index contributed by atoms with van der Waals surface area (Å²) < 4.78 is 13.8. The number of alkyl halides is 1. The van der Waals surface area contributed by atoms with E-state index in [1.165, 1.54) is 19.4 Å². The summed E-state index contributed by atoms with van der Waals surface area (Å²) in [4.78, 5) is 16.1. The molecule has 1 aliphatic rings. The highest BCUT2D eigenvalue weighted by Gasteiger charge is 2.36. The first-order valence-corrected chi connectivity index (χ1v) is 8.03. The normalized spacial score (nSPS) is 23.3. The Morgan fingerprint density at radius 3 is 2.55 bits per heavy atom. The van der Waals surface area contributed by atoms with Gasteiger partial charge >= 0.3 is 0 Å². The van der Waals surface area contributed by atoms with Gasteiger partial charge in [-0.1, -0.05) is 30.3 Å². The molecule has 4 heteroatoms. The molecule has 122 valence electrons. The SMILES string of the molecule is C[C@H]1C[C@H](N(C)C(=O)C(C)(C)F)CCN1Cc1ccccc1. The van der Waals surface area contributed by atoms with Gasteiger partial charge in [-0.15, -0.1) is 0 Å². The van der Waals surface area contributed by atoms with E-state index in [4.69, 9.17) is 0 Å². The van der Waals surface area contributed by atoms with E-state index >= 15 is 0 Å². The van der Waals surface area contributed by atoms with Crippen molar-refractivity contribution in [3.63, 3.8) is 0 Å². The number of hydrogen-bond acceptors (Lipinski definition) is 2. The fourth-order valence-corrected chi connectivity index (χ4v) is 3.19. The first-order valence-electron chi connectivity index (χ1n) is 8.03. The van der Waals surface area contributed by atoms with Gasteiger partial charge in [0.05, 0.1) is 0 Å². The molecule has 0 N–H and O–H groups in total. The van der Waals surface area contributed by atoms with Gasteiger partial charge in [0, 0.05) is 32.2 Å². The number of likely N-dealkylation sites (tertiary alicyclic amines) is 1.